The Morgan fingerprint density at radius 1 is 1.06 bits per heavy atom. The Hall–Kier alpha value is -3.35. The van der Waals surface area contributed by atoms with Gasteiger partial charge in [-0.15, -0.1) is 0 Å². The summed E-state index contributed by atoms with van der Waals surface area (Å²) in [7, 11) is 0. The zero-order valence-electron chi connectivity index (χ0n) is 20.3. The van der Waals surface area contributed by atoms with E-state index in [0.29, 0.717) is 19.4 Å². The first-order valence-corrected chi connectivity index (χ1v) is 12.4. The van der Waals surface area contributed by atoms with Crippen LogP contribution in [0.4, 0.5) is 4.79 Å². The molecule has 7 nitrogen and oxygen atoms in total. The Balaban J connectivity index is 1.21. The summed E-state index contributed by atoms with van der Waals surface area (Å²) in [5.41, 5.74) is 3.09. The van der Waals surface area contributed by atoms with Gasteiger partial charge in [-0.25, -0.2) is 4.79 Å². The van der Waals surface area contributed by atoms with E-state index in [1.54, 1.807) is 11.8 Å². The predicted molar refractivity (Wildman–Crippen MR) is 131 cm³/mol. The number of carboxylic acid groups (broad SMARTS) is 1. The van der Waals surface area contributed by atoms with E-state index in [-0.39, 0.29) is 37.3 Å². The number of nitrogens with zero attached hydrogens (tertiary/aromatic N) is 1. The number of nitrogens with one attached hydrogen (secondary N) is 1. The summed E-state index contributed by atoms with van der Waals surface area (Å²) in [5.74, 6) is -1.14. The van der Waals surface area contributed by atoms with Gasteiger partial charge in [-0.1, -0.05) is 55.5 Å². The van der Waals surface area contributed by atoms with Crippen LogP contribution >= 0.6 is 0 Å². The Kier molecular flexibility index (Phi) is 5.82. The number of hydrogen-bond donors (Lipinski definition) is 2. The van der Waals surface area contributed by atoms with Gasteiger partial charge in [-0.05, 0) is 54.4 Å². The molecule has 0 bridgehead atoms. The molecule has 2 N–H and O–H groups in total. The topological polar surface area (TPSA) is 95.9 Å². The summed E-state index contributed by atoms with van der Waals surface area (Å²) in [4.78, 5) is 39.3. The number of carbonyl (C=O) groups is 3. The average Bonchev–Trinajstić information content (AvgIpc) is 3.31. The number of alkyl carbamates (subject to hydrolysis) is 1. The quantitative estimate of drug-likeness (QED) is 0.644. The molecule has 1 saturated heterocycles. The molecule has 2 fully saturated rings. The maximum Gasteiger partial charge on any atom is 0.407 e. The summed E-state index contributed by atoms with van der Waals surface area (Å²) < 4.78 is 5.71. The zero-order chi connectivity index (χ0) is 24.8. The molecular weight excluding hydrogens is 444 g/mol. The van der Waals surface area contributed by atoms with Gasteiger partial charge in [0.1, 0.15) is 6.61 Å². The van der Waals surface area contributed by atoms with E-state index < -0.39 is 23.0 Å². The van der Waals surface area contributed by atoms with E-state index in [1.807, 2.05) is 31.2 Å². The van der Waals surface area contributed by atoms with E-state index >= 15 is 0 Å². The number of fused-ring (bicyclic) bond motifs is 3. The molecule has 2 aliphatic carbocycles. The van der Waals surface area contributed by atoms with Gasteiger partial charge in [0.25, 0.3) is 0 Å². The zero-order valence-corrected chi connectivity index (χ0v) is 20.3. The second-order valence-electron chi connectivity index (χ2n) is 10.7. The molecule has 1 aliphatic heterocycles. The van der Waals surface area contributed by atoms with Crippen LogP contribution in [-0.2, 0) is 14.3 Å². The molecule has 3 aliphatic rings. The van der Waals surface area contributed by atoms with Crippen LogP contribution in [0, 0.1) is 11.3 Å². The highest BCUT2D eigenvalue weighted by atomic mass is 16.5. The number of carbonyl (C=O) groups excluding carboxylic acids is 2. The minimum atomic E-state index is -0.942. The fraction of sp³-hybridized carbons (Fsp3) is 0.464. The second-order valence-corrected chi connectivity index (χ2v) is 10.7. The van der Waals surface area contributed by atoms with Crippen molar-refractivity contribution in [3.63, 3.8) is 0 Å². The lowest BCUT2D eigenvalue weighted by atomic mass is 9.74. The minimum Gasteiger partial charge on any atom is -0.481 e. The van der Waals surface area contributed by atoms with Crippen LogP contribution in [-0.4, -0.2) is 53.2 Å². The van der Waals surface area contributed by atoms with Crippen molar-refractivity contribution in [2.24, 2.45) is 11.3 Å². The van der Waals surface area contributed by atoms with Crippen LogP contribution in [0.2, 0.25) is 0 Å². The third-order valence-electron chi connectivity index (χ3n) is 8.45. The molecule has 0 aromatic heterocycles. The summed E-state index contributed by atoms with van der Waals surface area (Å²) in [6.45, 7) is 4.41. The molecule has 1 heterocycles. The molecule has 0 radical (unpaired) electrons. The highest BCUT2D eigenvalue weighted by Gasteiger charge is 2.49. The fourth-order valence-corrected chi connectivity index (χ4v) is 5.82. The largest absolute Gasteiger partial charge is 0.481 e. The lowest BCUT2D eigenvalue weighted by Gasteiger charge is -2.42. The number of ether oxygens (including phenoxy) is 1. The third-order valence-corrected chi connectivity index (χ3v) is 8.45. The monoisotopic (exact) mass is 476 g/mol. The van der Waals surface area contributed by atoms with Gasteiger partial charge in [0, 0.05) is 19.0 Å². The van der Waals surface area contributed by atoms with Gasteiger partial charge in [0.05, 0.1) is 17.4 Å². The van der Waals surface area contributed by atoms with Crippen molar-refractivity contribution < 1.29 is 24.2 Å². The molecule has 2 amide bonds. The maximum absolute atomic E-state index is 13.1. The number of amides is 2. The number of likely N-dealkylation sites (tertiary alicyclic amines) is 1. The number of benzene rings is 2. The molecule has 5 rings (SSSR count). The van der Waals surface area contributed by atoms with Gasteiger partial charge in [0.2, 0.25) is 5.91 Å². The van der Waals surface area contributed by atoms with Crippen LogP contribution in [0.1, 0.15) is 56.6 Å². The van der Waals surface area contributed by atoms with Crippen LogP contribution in [0.5, 0.6) is 0 Å². The molecule has 0 spiro atoms. The lowest BCUT2D eigenvalue weighted by Crippen LogP contribution is -2.56. The molecule has 2 aromatic carbocycles. The summed E-state index contributed by atoms with van der Waals surface area (Å²) >= 11 is 0. The van der Waals surface area contributed by atoms with E-state index in [9.17, 15) is 19.5 Å². The van der Waals surface area contributed by atoms with Crippen LogP contribution in [0.3, 0.4) is 0 Å². The smallest absolute Gasteiger partial charge is 0.407 e. The minimum absolute atomic E-state index is 0.0214. The highest BCUT2D eigenvalue weighted by molar-refractivity contribution is 5.82. The van der Waals surface area contributed by atoms with Gasteiger partial charge in [-0.2, -0.15) is 0 Å². The number of rotatable bonds is 6. The molecular formula is C28H32N2O5. The second kappa shape index (κ2) is 8.70. The first kappa shape index (κ1) is 23.4. The molecule has 184 valence electrons. The summed E-state index contributed by atoms with van der Waals surface area (Å²) in [6, 6.07) is 16.4. The van der Waals surface area contributed by atoms with Gasteiger partial charge in [-0.3, -0.25) is 9.59 Å². The molecule has 2 atom stereocenters. The molecule has 1 saturated carbocycles. The van der Waals surface area contributed by atoms with Crippen LogP contribution in [0.25, 0.3) is 11.1 Å². The SMILES string of the molecule is C[C@@H]1CN(C(=O)CC2(NC(=O)OCC3c4ccccc4-c4ccccc43)CCC2)C[C@@]1(C)C(=O)O. The normalized spacial score (nSPS) is 24.3. The van der Waals surface area contributed by atoms with Crippen molar-refractivity contribution in [3.8, 4) is 11.1 Å². The Labute approximate surface area is 205 Å². The van der Waals surface area contributed by atoms with Crippen molar-refractivity contribution in [2.75, 3.05) is 19.7 Å². The van der Waals surface area contributed by atoms with E-state index in [0.717, 1.165) is 17.5 Å². The van der Waals surface area contributed by atoms with E-state index in [1.165, 1.54) is 11.1 Å². The molecule has 7 heteroatoms. The van der Waals surface area contributed by atoms with E-state index in [2.05, 4.69) is 29.6 Å². The molecule has 35 heavy (non-hydrogen) atoms. The first-order valence-electron chi connectivity index (χ1n) is 12.4. The highest BCUT2D eigenvalue weighted by Crippen LogP contribution is 2.45. The van der Waals surface area contributed by atoms with Crippen LogP contribution in [0.15, 0.2) is 48.5 Å². The Morgan fingerprint density at radius 2 is 1.66 bits per heavy atom. The standard InChI is InChI=1S/C28H32N2O5/c1-18-15-30(17-27(18,2)25(32)33)24(31)14-28(12-7-13-28)29-26(34)35-16-23-21-10-5-3-8-19(21)20-9-4-6-11-22(20)23/h3-6,8-11,18,23H,7,12-17H2,1-2H3,(H,29,34)(H,32,33)/t18-,27-/m1/s1. The lowest BCUT2D eigenvalue weighted by molar-refractivity contribution is -0.149. The maximum atomic E-state index is 13.1. The van der Waals surface area contributed by atoms with Crippen molar-refractivity contribution in [1.82, 2.24) is 10.2 Å². The van der Waals surface area contributed by atoms with E-state index in [4.69, 9.17) is 4.74 Å². The predicted octanol–water partition coefficient (Wildman–Crippen LogP) is 4.41. The molecule has 2 aromatic rings. The summed E-state index contributed by atoms with van der Waals surface area (Å²) in [5, 5.41) is 12.6. The van der Waals surface area contributed by atoms with Crippen molar-refractivity contribution >= 4 is 18.0 Å². The number of carboxylic acids is 1. The van der Waals surface area contributed by atoms with Crippen molar-refractivity contribution in [3.05, 3.63) is 59.7 Å². The van der Waals surface area contributed by atoms with Crippen molar-refractivity contribution in [2.45, 2.75) is 51.0 Å². The fourth-order valence-electron chi connectivity index (χ4n) is 5.82. The number of hydrogen-bond acceptors (Lipinski definition) is 4. The van der Waals surface area contributed by atoms with Crippen LogP contribution < -0.4 is 5.32 Å². The third kappa shape index (κ3) is 4.07. The van der Waals surface area contributed by atoms with Gasteiger partial charge < -0.3 is 20.1 Å². The first-order chi connectivity index (χ1) is 16.7. The van der Waals surface area contributed by atoms with Crippen molar-refractivity contribution in [1.29, 1.82) is 0 Å². The number of aliphatic carboxylic acids is 1. The Morgan fingerprint density at radius 3 is 2.17 bits per heavy atom. The molecule has 0 unspecified atom stereocenters. The average molecular weight is 477 g/mol. The summed E-state index contributed by atoms with van der Waals surface area (Å²) in [6.07, 6.45) is 2.01. The van der Waals surface area contributed by atoms with Gasteiger partial charge in [0.15, 0.2) is 0 Å². The Bertz CT molecular complexity index is 1130. The van der Waals surface area contributed by atoms with Gasteiger partial charge >= 0.3 is 12.1 Å².